The van der Waals surface area contributed by atoms with Crippen LogP contribution in [0.4, 0.5) is 10.5 Å². The lowest BCUT2D eigenvalue weighted by atomic mass is 10.0. The van der Waals surface area contributed by atoms with Crippen molar-refractivity contribution < 1.29 is 32.6 Å². The maximum Gasteiger partial charge on any atom is 0.407 e. The molecular formula is C29H38N4O7S. The summed E-state index contributed by atoms with van der Waals surface area (Å²) in [5.41, 5.74) is 7.04. The minimum Gasteiger partial charge on any atom is -0.446 e. The fourth-order valence-corrected chi connectivity index (χ4v) is 7.46. The zero-order chi connectivity index (χ0) is 29.0. The Balaban J connectivity index is 1.33. The van der Waals surface area contributed by atoms with Gasteiger partial charge in [0.1, 0.15) is 6.10 Å². The fraction of sp³-hybridized carbons (Fsp3) is 0.517. The first kappa shape index (κ1) is 29.3. The molecule has 2 aromatic carbocycles. The molecule has 222 valence electrons. The molecule has 1 saturated carbocycles. The Bertz CT molecular complexity index is 1300. The van der Waals surface area contributed by atoms with E-state index in [1.807, 2.05) is 30.3 Å². The SMILES string of the molecule is Nc1ccc(S(=O)(=O)N(C[C@H]2CCC(=O)N2)C[C@@H](O)[C@H](Cc2ccccc2)NC(=O)O[C@@H]2C[C@@H]3CCO[C@@H]3C2)cc1. The Morgan fingerprint density at radius 1 is 1.15 bits per heavy atom. The number of hydrogen-bond acceptors (Lipinski definition) is 8. The molecule has 2 amide bonds. The van der Waals surface area contributed by atoms with Crippen LogP contribution in [0.1, 0.15) is 37.7 Å². The summed E-state index contributed by atoms with van der Waals surface area (Å²) in [5, 5.41) is 17.1. The van der Waals surface area contributed by atoms with E-state index in [-0.39, 0.29) is 42.5 Å². The molecule has 0 spiro atoms. The van der Waals surface area contributed by atoms with Gasteiger partial charge >= 0.3 is 6.09 Å². The van der Waals surface area contributed by atoms with E-state index in [2.05, 4.69) is 10.6 Å². The van der Waals surface area contributed by atoms with Crippen molar-refractivity contribution in [2.24, 2.45) is 5.92 Å². The van der Waals surface area contributed by atoms with E-state index >= 15 is 0 Å². The highest BCUT2D eigenvalue weighted by molar-refractivity contribution is 7.89. The molecule has 12 heteroatoms. The van der Waals surface area contributed by atoms with Crippen molar-refractivity contribution in [2.45, 2.75) is 73.8 Å². The number of aliphatic hydroxyl groups excluding tert-OH is 1. The second-order valence-corrected chi connectivity index (χ2v) is 13.1. The molecule has 2 saturated heterocycles. The van der Waals surface area contributed by atoms with Gasteiger partial charge in [0, 0.05) is 44.3 Å². The van der Waals surface area contributed by atoms with E-state index < -0.39 is 34.3 Å². The van der Waals surface area contributed by atoms with Crippen LogP contribution in [0.3, 0.4) is 0 Å². The number of amides is 2. The molecule has 6 atom stereocenters. The van der Waals surface area contributed by atoms with Crippen molar-refractivity contribution >= 4 is 27.7 Å². The number of hydrogen-bond donors (Lipinski definition) is 4. The zero-order valence-electron chi connectivity index (χ0n) is 22.9. The molecule has 0 unspecified atom stereocenters. The Labute approximate surface area is 240 Å². The first-order chi connectivity index (χ1) is 19.7. The van der Waals surface area contributed by atoms with Crippen molar-refractivity contribution in [2.75, 3.05) is 25.4 Å². The highest BCUT2D eigenvalue weighted by atomic mass is 32.2. The van der Waals surface area contributed by atoms with Crippen molar-refractivity contribution in [3.63, 3.8) is 0 Å². The van der Waals surface area contributed by atoms with Crippen LogP contribution >= 0.6 is 0 Å². The number of nitrogens with zero attached hydrogens (tertiary/aromatic N) is 1. The number of nitrogens with one attached hydrogen (secondary N) is 2. The van der Waals surface area contributed by atoms with Crippen LogP contribution < -0.4 is 16.4 Å². The average molecular weight is 587 g/mol. The van der Waals surface area contributed by atoms with Crippen molar-refractivity contribution in [3.05, 3.63) is 60.2 Å². The molecule has 5 N–H and O–H groups in total. The lowest BCUT2D eigenvalue weighted by Crippen LogP contribution is -2.52. The molecule has 2 aliphatic heterocycles. The van der Waals surface area contributed by atoms with E-state index in [1.54, 1.807) is 0 Å². The molecule has 5 rings (SSSR count). The van der Waals surface area contributed by atoms with Crippen LogP contribution in [0, 0.1) is 5.92 Å². The Kier molecular flexibility index (Phi) is 9.12. The highest BCUT2D eigenvalue weighted by Gasteiger charge is 2.41. The Hall–Kier alpha value is -3.19. The van der Waals surface area contributed by atoms with Crippen LogP contribution in [-0.4, -0.2) is 79.9 Å². The molecular weight excluding hydrogens is 548 g/mol. The summed E-state index contributed by atoms with van der Waals surface area (Å²) >= 11 is 0. The number of benzene rings is 2. The van der Waals surface area contributed by atoms with Gasteiger partial charge in [-0.2, -0.15) is 4.31 Å². The summed E-state index contributed by atoms with van der Waals surface area (Å²) in [6.45, 7) is 0.404. The smallest absolute Gasteiger partial charge is 0.407 e. The topological polar surface area (TPSA) is 160 Å². The molecule has 11 nitrogen and oxygen atoms in total. The van der Waals surface area contributed by atoms with Gasteiger partial charge in [-0.05, 0) is 61.4 Å². The standard InChI is InChI=1S/C29H38N4O7S/c30-21-6-9-24(10-7-21)41(37,38)33(17-22-8-11-28(35)31-22)18-26(34)25(14-19-4-2-1-3-5-19)32-29(36)40-23-15-20-12-13-39-27(20)16-23/h1-7,9-10,20,22-23,25-27,34H,8,11-18,30H2,(H,31,35)(H,32,36)/t20-,22+,23+,25-,26+,27+/m0/s1. The maximum absolute atomic E-state index is 13.7. The maximum atomic E-state index is 13.7. The van der Waals surface area contributed by atoms with Gasteiger partial charge in [-0.25, -0.2) is 13.2 Å². The number of fused-ring (bicyclic) bond motifs is 1. The second-order valence-electron chi connectivity index (χ2n) is 11.2. The third-order valence-corrected chi connectivity index (χ3v) is 10.0. The summed E-state index contributed by atoms with van der Waals surface area (Å²) in [7, 11) is -4.07. The predicted octanol–water partition coefficient (Wildman–Crippen LogP) is 1.80. The molecule has 0 bridgehead atoms. The van der Waals surface area contributed by atoms with Crippen molar-refractivity contribution in [1.82, 2.24) is 14.9 Å². The number of ether oxygens (including phenoxy) is 2. The van der Waals surface area contributed by atoms with Crippen LogP contribution in [0.5, 0.6) is 0 Å². The Morgan fingerprint density at radius 2 is 1.90 bits per heavy atom. The lowest BCUT2D eigenvalue weighted by Gasteiger charge is -2.31. The van der Waals surface area contributed by atoms with Gasteiger partial charge in [0.25, 0.3) is 0 Å². The summed E-state index contributed by atoms with van der Waals surface area (Å²) in [6, 6.07) is 13.9. The van der Waals surface area contributed by atoms with E-state index in [0.717, 1.165) is 25.0 Å². The second kappa shape index (κ2) is 12.8. The number of nitrogen functional groups attached to an aromatic ring is 1. The number of anilines is 1. The van der Waals surface area contributed by atoms with Gasteiger partial charge in [-0.3, -0.25) is 4.79 Å². The van der Waals surface area contributed by atoms with Gasteiger partial charge in [-0.15, -0.1) is 0 Å². The fourth-order valence-electron chi connectivity index (χ4n) is 5.96. The number of carbonyl (C=O) groups excluding carboxylic acids is 2. The zero-order valence-corrected chi connectivity index (χ0v) is 23.7. The van der Waals surface area contributed by atoms with Gasteiger partial charge in [0.2, 0.25) is 15.9 Å². The molecule has 1 aliphatic carbocycles. The minimum absolute atomic E-state index is 0.0178. The molecule has 3 fully saturated rings. The number of alkyl carbamates (subject to hydrolysis) is 1. The van der Waals surface area contributed by atoms with Crippen LogP contribution in [0.25, 0.3) is 0 Å². The summed E-state index contributed by atoms with van der Waals surface area (Å²) < 4.78 is 40.0. The number of rotatable bonds is 11. The molecule has 2 aromatic rings. The average Bonchev–Trinajstić information content (AvgIpc) is 3.65. The predicted molar refractivity (Wildman–Crippen MR) is 151 cm³/mol. The third kappa shape index (κ3) is 7.37. The van der Waals surface area contributed by atoms with Gasteiger partial charge in [-0.1, -0.05) is 30.3 Å². The Morgan fingerprint density at radius 3 is 2.59 bits per heavy atom. The number of carbonyl (C=O) groups is 2. The third-order valence-electron chi connectivity index (χ3n) is 8.16. The summed E-state index contributed by atoms with van der Waals surface area (Å²) in [6.07, 6.45) is 1.29. The molecule has 2 heterocycles. The number of nitrogens with two attached hydrogens (primary N) is 1. The molecule has 3 aliphatic rings. The van der Waals surface area contributed by atoms with E-state index in [9.17, 15) is 23.1 Å². The monoisotopic (exact) mass is 586 g/mol. The van der Waals surface area contributed by atoms with E-state index in [4.69, 9.17) is 15.2 Å². The lowest BCUT2D eigenvalue weighted by molar-refractivity contribution is -0.119. The highest BCUT2D eigenvalue weighted by Crippen LogP contribution is 2.37. The van der Waals surface area contributed by atoms with Crippen molar-refractivity contribution in [3.8, 4) is 0 Å². The van der Waals surface area contributed by atoms with Crippen LogP contribution in [-0.2, 0) is 30.7 Å². The van der Waals surface area contributed by atoms with E-state index in [1.165, 1.54) is 28.6 Å². The molecule has 0 radical (unpaired) electrons. The minimum atomic E-state index is -4.07. The normalized spacial score (nSPS) is 25.5. The van der Waals surface area contributed by atoms with Gasteiger partial charge in [0.05, 0.1) is 23.1 Å². The first-order valence-electron chi connectivity index (χ1n) is 14.1. The van der Waals surface area contributed by atoms with Crippen LogP contribution in [0.15, 0.2) is 59.5 Å². The summed E-state index contributed by atoms with van der Waals surface area (Å²) in [4.78, 5) is 24.9. The number of aliphatic hydroxyl groups is 1. The van der Waals surface area contributed by atoms with E-state index in [0.29, 0.717) is 30.9 Å². The summed E-state index contributed by atoms with van der Waals surface area (Å²) in [5.74, 6) is 0.245. The first-order valence-corrected chi connectivity index (χ1v) is 15.6. The quantitative estimate of drug-likeness (QED) is 0.290. The van der Waals surface area contributed by atoms with Gasteiger partial charge < -0.3 is 30.9 Å². The van der Waals surface area contributed by atoms with Crippen LogP contribution in [0.2, 0.25) is 0 Å². The van der Waals surface area contributed by atoms with Gasteiger partial charge in [0.15, 0.2) is 0 Å². The number of sulfonamides is 1. The largest absolute Gasteiger partial charge is 0.446 e. The van der Waals surface area contributed by atoms with Crippen molar-refractivity contribution in [1.29, 1.82) is 0 Å². The molecule has 41 heavy (non-hydrogen) atoms. The molecule has 0 aromatic heterocycles.